The lowest BCUT2D eigenvalue weighted by Gasteiger charge is -2.14. The van der Waals surface area contributed by atoms with Crippen LogP contribution in [0.2, 0.25) is 0 Å². The van der Waals surface area contributed by atoms with Crippen molar-refractivity contribution in [2.24, 2.45) is 0 Å². The fourth-order valence-corrected chi connectivity index (χ4v) is 4.05. The van der Waals surface area contributed by atoms with Crippen LogP contribution in [0.15, 0.2) is 90.1 Å². The number of hydrogen-bond acceptors (Lipinski definition) is 6. The van der Waals surface area contributed by atoms with Gasteiger partial charge in [-0.1, -0.05) is 60.3 Å². The van der Waals surface area contributed by atoms with Crippen LogP contribution in [0.3, 0.4) is 0 Å². The highest BCUT2D eigenvalue weighted by molar-refractivity contribution is 8.00. The van der Waals surface area contributed by atoms with Crippen molar-refractivity contribution in [3.05, 3.63) is 90.8 Å². The summed E-state index contributed by atoms with van der Waals surface area (Å²) in [6.45, 7) is 2.03. The van der Waals surface area contributed by atoms with Crippen molar-refractivity contribution in [2.45, 2.75) is 23.9 Å². The quantitative estimate of drug-likeness (QED) is 0.355. The molecule has 0 bridgehead atoms. The molecule has 1 amide bonds. The number of hydrogen-bond donors (Lipinski definition) is 1. The Morgan fingerprint density at radius 2 is 1.58 bits per heavy atom. The van der Waals surface area contributed by atoms with Crippen LogP contribution in [0.5, 0.6) is 11.5 Å². The molecule has 0 aliphatic carbocycles. The van der Waals surface area contributed by atoms with Gasteiger partial charge in [-0.05, 0) is 43.3 Å². The molecule has 8 heteroatoms. The Hall–Kier alpha value is -3.78. The zero-order valence-electron chi connectivity index (χ0n) is 18.3. The van der Waals surface area contributed by atoms with E-state index in [4.69, 9.17) is 9.47 Å². The summed E-state index contributed by atoms with van der Waals surface area (Å²) in [6, 6.07) is 26.6. The number of ether oxygens (including phenoxy) is 2. The number of methoxy groups -OCH3 is 1. The Balaban J connectivity index is 1.55. The minimum atomic E-state index is -0.389. The number of benzene rings is 3. The van der Waals surface area contributed by atoms with Crippen molar-refractivity contribution in [3.63, 3.8) is 0 Å². The van der Waals surface area contributed by atoms with E-state index >= 15 is 0 Å². The van der Waals surface area contributed by atoms with E-state index in [-0.39, 0.29) is 17.8 Å². The fourth-order valence-electron chi connectivity index (χ4n) is 3.16. The molecule has 1 N–H and O–H groups in total. The van der Waals surface area contributed by atoms with Gasteiger partial charge in [0.05, 0.1) is 12.4 Å². The summed E-state index contributed by atoms with van der Waals surface area (Å²) >= 11 is 1.34. The molecule has 4 rings (SSSR count). The van der Waals surface area contributed by atoms with Gasteiger partial charge in [-0.25, -0.2) is 0 Å². The third-order valence-electron chi connectivity index (χ3n) is 4.83. The summed E-state index contributed by atoms with van der Waals surface area (Å²) in [4.78, 5) is 12.7. The van der Waals surface area contributed by atoms with Crippen molar-refractivity contribution in [2.75, 3.05) is 12.4 Å². The lowest BCUT2D eigenvalue weighted by Crippen LogP contribution is -2.22. The highest BCUT2D eigenvalue weighted by Gasteiger charge is 2.22. The second-order valence-corrected chi connectivity index (χ2v) is 8.43. The first-order valence-corrected chi connectivity index (χ1v) is 11.3. The van der Waals surface area contributed by atoms with Crippen LogP contribution in [-0.2, 0) is 11.4 Å². The van der Waals surface area contributed by atoms with Gasteiger partial charge in [-0.2, -0.15) is 0 Å². The van der Waals surface area contributed by atoms with Crippen molar-refractivity contribution >= 4 is 23.4 Å². The Morgan fingerprint density at radius 1 is 0.939 bits per heavy atom. The second kappa shape index (κ2) is 10.7. The molecule has 1 atom stereocenters. The van der Waals surface area contributed by atoms with Crippen LogP contribution in [0.4, 0.5) is 5.69 Å². The summed E-state index contributed by atoms with van der Waals surface area (Å²) in [5.41, 5.74) is 1.64. The van der Waals surface area contributed by atoms with Crippen LogP contribution in [0.25, 0.3) is 5.69 Å². The number of rotatable bonds is 9. The van der Waals surface area contributed by atoms with Gasteiger partial charge in [0, 0.05) is 11.4 Å². The molecule has 33 heavy (non-hydrogen) atoms. The molecular formula is C25H24N4O3S. The minimum Gasteiger partial charge on any atom is -0.493 e. The maximum Gasteiger partial charge on any atom is 0.237 e. The van der Waals surface area contributed by atoms with Crippen LogP contribution >= 0.6 is 11.8 Å². The number of para-hydroxylation sites is 4. The first kappa shape index (κ1) is 22.4. The number of thioether (sulfide) groups is 1. The van der Waals surface area contributed by atoms with Crippen molar-refractivity contribution in [1.29, 1.82) is 0 Å². The maximum atomic E-state index is 12.7. The largest absolute Gasteiger partial charge is 0.493 e. The lowest BCUT2D eigenvalue weighted by atomic mass is 10.3. The van der Waals surface area contributed by atoms with E-state index in [2.05, 4.69) is 15.5 Å². The van der Waals surface area contributed by atoms with Crippen molar-refractivity contribution in [3.8, 4) is 17.2 Å². The van der Waals surface area contributed by atoms with Gasteiger partial charge in [0.25, 0.3) is 0 Å². The summed E-state index contributed by atoms with van der Waals surface area (Å²) in [6.07, 6.45) is 0. The Labute approximate surface area is 196 Å². The van der Waals surface area contributed by atoms with Crippen LogP contribution < -0.4 is 14.8 Å². The highest BCUT2D eigenvalue weighted by atomic mass is 32.2. The SMILES string of the molecule is COc1ccccc1OCc1nnc(SC(C)C(=O)Nc2ccccc2)n1-c1ccccc1. The summed E-state index contributed by atoms with van der Waals surface area (Å²) < 4.78 is 13.3. The zero-order valence-corrected chi connectivity index (χ0v) is 19.2. The molecule has 1 unspecified atom stereocenters. The number of anilines is 1. The topological polar surface area (TPSA) is 78.3 Å². The molecule has 0 radical (unpaired) electrons. The molecule has 7 nitrogen and oxygen atoms in total. The second-order valence-electron chi connectivity index (χ2n) is 7.12. The third-order valence-corrected chi connectivity index (χ3v) is 5.88. The van der Waals surface area contributed by atoms with E-state index in [9.17, 15) is 4.79 Å². The smallest absolute Gasteiger partial charge is 0.237 e. The predicted octanol–water partition coefficient (Wildman–Crippen LogP) is 4.97. The molecule has 1 aromatic heterocycles. The van der Waals surface area contributed by atoms with E-state index in [0.717, 1.165) is 11.4 Å². The molecular weight excluding hydrogens is 436 g/mol. The molecule has 0 saturated heterocycles. The first-order chi connectivity index (χ1) is 16.2. The number of amides is 1. The number of carbonyl (C=O) groups excluding carboxylic acids is 1. The summed E-state index contributed by atoms with van der Waals surface area (Å²) in [5, 5.41) is 11.9. The molecule has 3 aromatic carbocycles. The molecule has 168 valence electrons. The van der Waals surface area contributed by atoms with Gasteiger partial charge in [0.2, 0.25) is 5.91 Å². The number of aromatic nitrogens is 3. The molecule has 0 fully saturated rings. The molecule has 0 aliphatic rings. The minimum absolute atomic E-state index is 0.111. The predicted molar refractivity (Wildman–Crippen MR) is 129 cm³/mol. The number of nitrogens with one attached hydrogen (secondary N) is 1. The number of carbonyl (C=O) groups is 1. The Morgan fingerprint density at radius 3 is 2.27 bits per heavy atom. The normalized spacial score (nSPS) is 11.6. The van der Waals surface area contributed by atoms with E-state index in [1.54, 1.807) is 7.11 Å². The van der Waals surface area contributed by atoms with Crippen molar-refractivity contribution in [1.82, 2.24) is 14.8 Å². The Bertz CT molecular complexity index is 1200. The van der Waals surface area contributed by atoms with E-state index in [1.807, 2.05) is 96.4 Å². The van der Waals surface area contributed by atoms with Crippen LogP contribution in [-0.4, -0.2) is 33.0 Å². The molecule has 0 spiro atoms. The fraction of sp³-hybridized carbons (Fsp3) is 0.160. The van der Waals surface area contributed by atoms with Crippen molar-refractivity contribution < 1.29 is 14.3 Å². The molecule has 1 heterocycles. The molecule has 0 saturated carbocycles. The average Bonchev–Trinajstić information content (AvgIpc) is 3.26. The van der Waals surface area contributed by atoms with Gasteiger partial charge in [0.15, 0.2) is 22.5 Å². The van der Waals surface area contributed by atoms with E-state index in [1.165, 1.54) is 11.8 Å². The number of nitrogens with zero attached hydrogens (tertiary/aromatic N) is 3. The Kier molecular flexibility index (Phi) is 7.26. The van der Waals surface area contributed by atoms with E-state index < -0.39 is 0 Å². The standard InChI is InChI=1S/C25H24N4O3S/c1-18(24(30)26-19-11-5-3-6-12-19)33-25-28-27-23(29(25)20-13-7-4-8-14-20)17-32-22-16-10-9-15-21(22)31-2/h3-16,18H,17H2,1-2H3,(H,26,30). The third kappa shape index (κ3) is 5.53. The van der Waals surface area contributed by atoms with Gasteiger partial charge in [0.1, 0.15) is 6.61 Å². The monoisotopic (exact) mass is 460 g/mol. The first-order valence-electron chi connectivity index (χ1n) is 10.4. The molecule has 4 aromatic rings. The van der Waals surface area contributed by atoms with E-state index in [0.29, 0.717) is 22.5 Å². The average molecular weight is 461 g/mol. The zero-order chi connectivity index (χ0) is 23.0. The molecule has 0 aliphatic heterocycles. The van der Waals surface area contributed by atoms with Crippen LogP contribution in [0.1, 0.15) is 12.7 Å². The maximum absolute atomic E-state index is 12.7. The van der Waals surface area contributed by atoms with Gasteiger partial charge in [-0.3, -0.25) is 9.36 Å². The van der Waals surface area contributed by atoms with Gasteiger partial charge >= 0.3 is 0 Å². The van der Waals surface area contributed by atoms with Crippen LogP contribution in [0, 0.1) is 0 Å². The summed E-state index contributed by atoms with van der Waals surface area (Å²) in [7, 11) is 1.60. The highest BCUT2D eigenvalue weighted by Crippen LogP contribution is 2.29. The van der Waals surface area contributed by atoms with Gasteiger partial charge < -0.3 is 14.8 Å². The summed E-state index contributed by atoms with van der Waals surface area (Å²) in [5.74, 6) is 1.77. The lowest BCUT2D eigenvalue weighted by molar-refractivity contribution is -0.115. The van der Waals surface area contributed by atoms with Gasteiger partial charge in [-0.15, -0.1) is 10.2 Å².